The molecule has 108 valence electrons. The second kappa shape index (κ2) is 5.79. The van der Waals surface area contributed by atoms with Gasteiger partial charge in [-0.1, -0.05) is 0 Å². The molecule has 2 heterocycles. The zero-order valence-electron chi connectivity index (χ0n) is 11.6. The summed E-state index contributed by atoms with van der Waals surface area (Å²) in [6.45, 7) is 2.30. The van der Waals surface area contributed by atoms with Crippen molar-refractivity contribution in [2.24, 2.45) is 0 Å². The van der Waals surface area contributed by atoms with Crippen LogP contribution in [0.1, 0.15) is 31.2 Å². The molecular formula is C15H21N3O2. The van der Waals surface area contributed by atoms with E-state index in [4.69, 9.17) is 5.11 Å². The molecule has 0 aromatic carbocycles. The van der Waals surface area contributed by atoms with E-state index in [1.165, 1.54) is 23.3 Å². The summed E-state index contributed by atoms with van der Waals surface area (Å²) < 4.78 is 0. The maximum atomic E-state index is 11.0. The summed E-state index contributed by atoms with van der Waals surface area (Å²) in [6, 6.07) is 5.36. The van der Waals surface area contributed by atoms with E-state index in [1.807, 2.05) is 12.4 Å². The molecule has 0 radical (unpaired) electrons. The fraction of sp³-hybridized carbons (Fsp3) is 0.600. The van der Waals surface area contributed by atoms with Crippen LogP contribution in [0.2, 0.25) is 0 Å². The van der Waals surface area contributed by atoms with Crippen LogP contribution in [-0.4, -0.2) is 51.2 Å². The van der Waals surface area contributed by atoms with Gasteiger partial charge < -0.3 is 10.0 Å². The lowest BCUT2D eigenvalue weighted by Gasteiger charge is -2.38. The lowest BCUT2D eigenvalue weighted by Crippen LogP contribution is -2.46. The molecule has 2 aliphatic rings. The van der Waals surface area contributed by atoms with Crippen LogP contribution in [0, 0.1) is 0 Å². The summed E-state index contributed by atoms with van der Waals surface area (Å²) in [6.07, 6.45) is 7.37. The third kappa shape index (κ3) is 3.10. The molecule has 1 saturated heterocycles. The number of carbonyl (C=O) groups is 1. The first-order chi connectivity index (χ1) is 9.74. The maximum absolute atomic E-state index is 11.0. The van der Waals surface area contributed by atoms with Crippen LogP contribution in [-0.2, 0) is 6.54 Å². The summed E-state index contributed by atoms with van der Waals surface area (Å²) in [5.41, 5.74) is 1.30. The molecule has 1 saturated carbocycles. The highest BCUT2D eigenvalue weighted by Gasteiger charge is 2.35. The molecule has 0 spiro atoms. The number of amides is 1. The molecule has 0 bridgehead atoms. The molecule has 5 nitrogen and oxygen atoms in total. The van der Waals surface area contributed by atoms with Crippen LogP contribution < -0.4 is 0 Å². The molecule has 5 heteroatoms. The molecule has 0 atom stereocenters. The Morgan fingerprint density at radius 2 is 1.80 bits per heavy atom. The molecular weight excluding hydrogens is 254 g/mol. The zero-order chi connectivity index (χ0) is 13.9. The van der Waals surface area contributed by atoms with E-state index >= 15 is 0 Å². The Bertz CT molecular complexity index is 453. The second-order valence-corrected chi connectivity index (χ2v) is 5.76. The van der Waals surface area contributed by atoms with Gasteiger partial charge in [-0.2, -0.15) is 0 Å². The molecule has 2 fully saturated rings. The van der Waals surface area contributed by atoms with E-state index in [2.05, 4.69) is 22.0 Å². The number of carboxylic acid groups (broad SMARTS) is 1. The first-order valence-corrected chi connectivity index (χ1v) is 7.36. The molecule has 1 aliphatic heterocycles. The zero-order valence-corrected chi connectivity index (χ0v) is 11.6. The summed E-state index contributed by atoms with van der Waals surface area (Å²) >= 11 is 0. The fourth-order valence-corrected chi connectivity index (χ4v) is 3.05. The van der Waals surface area contributed by atoms with E-state index in [9.17, 15) is 4.79 Å². The van der Waals surface area contributed by atoms with Gasteiger partial charge in [0.05, 0.1) is 0 Å². The van der Waals surface area contributed by atoms with Gasteiger partial charge in [0.25, 0.3) is 0 Å². The van der Waals surface area contributed by atoms with Crippen molar-refractivity contribution in [1.29, 1.82) is 0 Å². The van der Waals surface area contributed by atoms with Gasteiger partial charge in [-0.05, 0) is 43.4 Å². The van der Waals surface area contributed by atoms with Gasteiger partial charge in [0.15, 0.2) is 0 Å². The van der Waals surface area contributed by atoms with Crippen molar-refractivity contribution in [3.8, 4) is 0 Å². The van der Waals surface area contributed by atoms with Crippen molar-refractivity contribution in [3.05, 3.63) is 30.1 Å². The summed E-state index contributed by atoms with van der Waals surface area (Å²) in [7, 11) is 0. The third-order valence-corrected chi connectivity index (χ3v) is 4.33. The van der Waals surface area contributed by atoms with Gasteiger partial charge in [0, 0.05) is 44.1 Å². The number of piperidine rings is 1. The number of rotatable bonds is 4. The van der Waals surface area contributed by atoms with Crippen molar-refractivity contribution >= 4 is 6.09 Å². The van der Waals surface area contributed by atoms with E-state index in [-0.39, 0.29) is 0 Å². The molecule has 1 amide bonds. The summed E-state index contributed by atoms with van der Waals surface area (Å²) in [5.74, 6) is 0. The first kappa shape index (κ1) is 13.4. The van der Waals surface area contributed by atoms with Crippen LogP contribution in [0.25, 0.3) is 0 Å². The monoisotopic (exact) mass is 275 g/mol. The smallest absolute Gasteiger partial charge is 0.407 e. The lowest BCUT2D eigenvalue weighted by atomic mass is 10.0. The average Bonchev–Trinajstić information content (AvgIpc) is 3.30. The Morgan fingerprint density at radius 1 is 1.20 bits per heavy atom. The standard InChI is InChI=1S/C15H21N3O2/c19-15(20)17-9-5-14(6-10-17)18(13-1-2-13)11-12-3-7-16-8-4-12/h3-4,7-8,13-14H,1-2,5-6,9-11H2,(H,19,20). The highest BCUT2D eigenvalue weighted by molar-refractivity contribution is 5.65. The number of hydrogen-bond acceptors (Lipinski definition) is 3. The highest BCUT2D eigenvalue weighted by atomic mass is 16.4. The van der Waals surface area contributed by atoms with Gasteiger partial charge in [-0.25, -0.2) is 4.79 Å². The van der Waals surface area contributed by atoms with Crippen LogP contribution in [0.5, 0.6) is 0 Å². The van der Waals surface area contributed by atoms with Gasteiger partial charge >= 0.3 is 6.09 Å². The van der Waals surface area contributed by atoms with Crippen molar-refractivity contribution < 1.29 is 9.90 Å². The largest absolute Gasteiger partial charge is 0.465 e. The van der Waals surface area contributed by atoms with Crippen molar-refractivity contribution in [2.75, 3.05) is 13.1 Å². The number of nitrogens with zero attached hydrogens (tertiary/aromatic N) is 3. The van der Waals surface area contributed by atoms with Gasteiger partial charge in [-0.15, -0.1) is 0 Å². The molecule has 0 unspecified atom stereocenters. The summed E-state index contributed by atoms with van der Waals surface area (Å²) in [5, 5.41) is 9.03. The number of likely N-dealkylation sites (tertiary alicyclic amines) is 1. The Kier molecular flexibility index (Phi) is 3.87. The predicted octanol–water partition coefficient (Wildman–Crippen LogP) is 2.19. The van der Waals surface area contributed by atoms with Crippen molar-refractivity contribution in [3.63, 3.8) is 0 Å². The Labute approximate surface area is 119 Å². The molecule has 1 N–H and O–H groups in total. The molecule has 1 aromatic heterocycles. The van der Waals surface area contributed by atoms with Gasteiger partial charge in [0.2, 0.25) is 0 Å². The van der Waals surface area contributed by atoms with Crippen LogP contribution >= 0.6 is 0 Å². The quantitative estimate of drug-likeness (QED) is 0.915. The van der Waals surface area contributed by atoms with Gasteiger partial charge in [-0.3, -0.25) is 9.88 Å². The number of aromatic nitrogens is 1. The highest BCUT2D eigenvalue weighted by Crippen LogP contribution is 2.33. The second-order valence-electron chi connectivity index (χ2n) is 5.76. The number of pyridine rings is 1. The number of hydrogen-bond donors (Lipinski definition) is 1. The lowest BCUT2D eigenvalue weighted by molar-refractivity contribution is 0.0870. The Balaban J connectivity index is 1.62. The molecule has 3 rings (SSSR count). The topological polar surface area (TPSA) is 56.7 Å². The minimum atomic E-state index is -0.782. The summed E-state index contributed by atoms with van der Waals surface area (Å²) in [4.78, 5) is 19.2. The van der Waals surface area contributed by atoms with Crippen LogP contribution in [0.15, 0.2) is 24.5 Å². The third-order valence-electron chi connectivity index (χ3n) is 4.33. The van der Waals surface area contributed by atoms with Crippen LogP contribution in [0.3, 0.4) is 0 Å². The Hall–Kier alpha value is -1.62. The molecule has 1 aliphatic carbocycles. The normalized spacial score (nSPS) is 20.4. The van der Waals surface area contributed by atoms with E-state index in [0.717, 1.165) is 19.4 Å². The van der Waals surface area contributed by atoms with Gasteiger partial charge in [0.1, 0.15) is 0 Å². The fourth-order valence-electron chi connectivity index (χ4n) is 3.05. The Morgan fingerprint density at radius 3 is 2.35 bits per heavy atom. The maximum Gasteiger partial charge on any atom is 0.407 e. The predicted molar refractivity (Wildman–Crippen MR) is 75.4 cm³/mol. The first-order valence-electron chi connectivity index (χ1n) is 7.36. The minimum Gasteiger partial charge on any atom is -0.465 e. The average molecular weight is 275 g/mol. The van der Waals surface area contributed by atoms with E-state index in [1.54, 1.807) is 0 Å². The van der Waals surface area contributed by atoms with E-state index < -0.39 is 6.09 Å². The minimum absolute atomic E-state index is 0.520. The van der Waals surface area contributed by atoms with Crippen molar-refractivity contribution in [1.82, 2.24) is 14.8 Å². The SMILES string of the molecule is O=C(O)N1CCC(N(Cc2ccncc2)C2CC2)CC1. The van der Waals surface area contributed by atoms with Crippen LogP contribution in [0.4, 0.5) is 4.79 Å². The molecule has 1 aromatic rings. The molecule has 20 heavy (non-hydrogen) atoms. The van der Waals surface area contributed by atoms with E-state index in [0.29, 0.717) is 25.2 Å². The van der Waals surface area contributed by atoms with Crippen molar-refractivity contribution in [2.45, 2.75) is 44.3 Å².